The summed E-state index contributed by atoms with van der Waals surface area (Å²) in [5, 5.41) is 5.53. The molecular weight excluding hydrogens is 390 g/mol. The third-order valence-electron chi connectivity index (χ3n) is 3.94. The van der Waals surface area contributed by atoms with Crippen molar-refractivity contribution < 1.29 is 9.53 Å². The Bertz CT molecular complexity index is 880. The second-order valence-electron chi connectivity index (χ2n) is 5.84. The Morgan fingerprint density at radius 2 is 2.27 bits per heavy atom. The average molecular weight is 410 g/mol. The summed E-state index contributed by atoms with van der Waals surface area (Å²) in [7, 11) is 3.50. The summed E-state index contributed by atoms with van der Waals surface area (Å²) in [5.74, 6) is 0.412. The minimum Gasteiger partial charge on any atom is -0.383 e. The number of fused-ring (bicyclic) bond motifs is 1. The first kappa shape index (κ1) is 19.2. The number of benzene rings is 1. The maximum atomic E-state index is 12.5. The van der Waals surface area contributed by atoms with Crippen molar-refractivity contribution in [2.45, 2.75) is 18.2 Å². The van der Waals surface area contributed by atoms with Crippen molar-refractivity contribution in [3.8, 4) is 0 Å². The third kappa shape index (κ3) is 4.59. The highest BCUT2D eigenvalue weighted by Gasteiger charge is 2.15. The van der Waals surface area contributed by atoms with Crippen molar-refractivity contribution in [1.82, 2.24) is 14.5 Å². The van der Waals surface area contributed by atoms with Gasteiger partial charge in [0.1, 0.15) is 0 Å². The van der Waals surface area contributed by atoms with Gasteiger partial charge in [0.2, 0.25) is 5.91 Å². The summed E-state index contributed by atoms with van der Waals surface area (Å²) in [6.07, 6.45) is 0. The number of carbonyl (C=O) groups is 1. The van der Waals surface area contributed by atoms with Crippen LogP contribution in [-0.4, -0.2) is 46.9 Å². The van der Waals surface area contributed by atoms with Gasteiger partial charge in [-0.05, 0) is 40.6 Å². The molecule has 0 aliphatic rings. The fourth-order valence-electron chi connectivity index (χ4n) is 2.57. The molecule has 0 bridgehead atoms. The number of thioether (sulfide) groups is 1. The number of imidazole rings is 1. The number of hydrogen-bond acceptors (Lipinski definition) is 5. The highest BCUT2D eigenvalue weighted by Crippen LogP contribution is 2.26. The molecule has 26 heavy (non-hydrogen) atoms. The van der Waals surface area contributed by atoms with Crippen molar-refractivity contribution in [3.05, 3.63) is 45.6 Å². The van der Waals surface area contributed by atoms with Crippen LogP contribution in [0.1, 0.15) is 5.56 Å². The lowest BCUT2D eigenvalue weighted by Crippen LogP contribution is -2.27. The van der Waals surface area contributed by atoms with E-state index in [9.17, 15) is 4.79 Å². The van der Waals surface area contributed by atoms with Crippen LogP contribution in [0.15, 0.2) is 40.2 Å². The first-order chi connectivity index (χ1) is 12.6. The third-order valence-corrected chi connectivity index (χ3v) is 5.87. The summed E-state index contributed by atoms with van der Waals surface area (Å²) >= 11 is 9.16. The summed E-state index contributed by atoms with van der Waals surface area (Å²) in [6.45, 7) is 1.88. The quantitative estimate of drug-likeness (QED) is 0.524. The fraction of sp³-hybridized carbons (Fsp3) is 0.333. The van der Waals surface area contributed by atoms with Crippen molar-refractivity contribution in [1.29, 1.82) is 0 Å². The molecule has 0 aliphatic heterocycles. The summed E-state index contributed by atoms with van der Waals surface area (Å²) in [5.41, 5.74) is 2.97. The normalized spacial score (nSPS) is 11.2. The van der Waals surface area contributed by atoms with Gasteiger partial charge in [0.25, 0.3) is 0 Å². The smallest absolute Gasteiger partial charge is 0.233 e. The number of aromatic nitrogens is 2. The fourth-order valence-corrected chi connectivity index (χ4v) is 4.38. The van der Waals surface area contributed by atoms with E-state index in [-0.39, 0.29) is 5.91 Å². The average Bonchev–Trinajstić information content (AvgIpc) is 3.24. The molecule has 0 fully saturated rings. The molecule has 8 heteroatoms. The number of thiophene rings is 1. The molecule has 0 saturated carbocycles. The van der Waals surface area contributed by atoms with E-state index in [1.807, 2.05) is 36.7 Å². The number of ether oxygens (including phenoxy) is 1. The lowest BCUT2D eigenvalue weighted by atomic mass is 10.3. The molecule has 0 N–H and O–H groups in total. The van der Waals surface area contributed by atoms with Gasteiger partial charge in [0.05, 0.1) is 23.4 Å². The summed E-state index contributed by atoms with van der Waals surface area (Å²) in [4.78, 5) is 18.9. The van der Waals surface area contributed by atoms with E-state index in [2.05, 4.69) is 14.9 Å². The molecule has 2 heterocycles. The van der Waals surface area contributed by atoms with Crippen molar-refractivity contribution in [3.63, 3.8) is 0 Å². The van der Waals surface area contributed by atoms with Crippen LogP contribution in [0.2, 0.25) is 5.02 Å². The van der Waals surface area contributed by atoms with Crippen molar-refractivity contribution >= 4 is 51.6 Å². The van der Waals surface area contributed by atoms with E-state index in [1.54, 1.807) is 23.3 Å². The summed E-state index contributed by atoms with van der Waals surface area (Å²) < 4.78 is 7.28. The lowest BCUT2D eigenvalue weighted by molar-refractivity contribution is -0.127. The standard InChI is InChI=1S/C18H20ClN3O2S2/c1-21(10-13-5-8-25-11-13)17(23)12-26-18-20-15-9-14(19)3-4-16(15)22(18)6-7-24-2/h3-5,8-9,11H,6-7,10,12H2,1-2H3. The molecular formula is C18H20ClN3O2S2. The molecule has 0 spiro atoms. The van der Waals surface area contributed by atoms with Crippen molar-refractivity contribution in [2.75, 3.05) is 26.5 Å². The SMILES string of the molecule is COCCn1c(SCC(=O)N(C)Cc2ccsc2)nc2cc(Cl)ccc21. The molecule has 0 unspecified atom stereocenters. The first-order valence-electron chi connectivity index (χ1n) is 8.11. The highest BCUT2D eigenvalue weighted by atomic mass is 35.5. The molecule has 3 aromatic rings. The summed E-state index contributed by atoms with van der Waals surface area (Å²) in [6, 6.07) is 7.68. The van der Waals surface area contributed by atoms with Gasteiger partial charge in [-0.25, -0.2) is 4.98 Å². The van der Waals surface area contributed by atoms with Crippen LogP contribution in [0.25, 0.3) is 11.0 Å². The lowest BCUT2D eigenvalue weighted by Gasteiger charge is -2.16. The minimum absolute atomic E-state index is 0.0737. The van der Waals surface area contributed by atoms with Gasteiger partial charge in [-0.1, -0.05) is 23.4 Å². The second-order valence-corrected chi connectivity index (χ2v) is 8.00. The van der Waals surface area contributed by atoms with Gasteiger partial charge < -0.3 is 14.2 Å². The van der Waals surface area contributed by atoms with E-state index in [1.165, 1.54) is 11.8 Å². The molecule has 5 nitrogen and oxygen atoms in total. The van der Waals surface area contributed by atoms with Crippen LogP contribution in [0.5, 0.6) is 0 Å². The Labute approximate surface area is 165 Å². The van der Waals surface area contributed by atoms with Gasteiger partial charge in [0.15, 0.2) is 5.16 Å². The van der Waals surface area contributed by atoms with Crippen LogP contribution in [0.4, 0.5) is 0 Å². The van der Waals surface area contributed by atoms with E-state index < -0.39 is 0 Å². The molecule has 3 rings (SSSR count). The molecule has 0 atom stereocenters. The van der Waals surface area contributed by atoms with Gasteiger partial charge in [-0.3, -0.25) is 4.79 Å². The molecule has 0 radical (unpaired) electrons. The Morgan fingerprint density at radius 1 is 1.42 bits per heavy atom. The van der Waals surface area contributed by atoms with E-state index in [4.69, 9.17) is 16.3 Å². The Morgan fingerprint density at radius 3 is 3.00 bits per heavy atom. The van der Waals surface area contributed by atoms with Crippen LogP contribution in [0, 0.1) is 0 Å². The van der Waals surface area contributed by atoms with Gasteiger partial charge in [-0.2, -0.15) is 11.3 Å². The van der Waals surface area contributed by atoms with Crippen molar-refractivity contribution in [2.24, 2.45) is 0 Å². The van der Waals surface area contributed by atoms with Gasteiger partial charge >= 0.3 is 0 Å². The van der Waals surface area contributed by atoms with Gasteiger partial charge in [0, 0.05) is 32.3 Å². The molecule has 138 valence electrons. The number of carbonyl (C=O) groups excluding carboxylic acids is 1. The van der Waals surface area contributed by atoms with Crippen LogP contribution in [-0.2, 0) is 22.6 Å². The molecule has 2 aromatic heterocycles. The largest absolute Gasteiger partial charge is 0.383 e. The number of hydrogen-bond donors (Lipinski definition) is 0. The number of amides is 1. The Balaban J connectivity index is 1.71. The van der Waals surface area contributed by atoms with Crippen LogP contribution in [0.3, 0.4) is 0 Å². The number of methoxy groups -OCH3 is 1. The predicted octanol–water partition coefficient (Wildman–Crippen LogP) is 4.15. The molecule has 1 amide bonds. The van der Waals surface area contributed by atoms with E-state index in [0.717, 1.165) is 21.8 Å². The Kier molecular flexibility index (Phi) is 6.58. The maximum Gasteiger partial charge on any atom is 0.233 e. The zero-order valence-corrected chi connectivity index (χ0v) is 17.0. The van der Waals surface area contributed by atoms with Gasteiger partial charge in [-0.15, -0.1) is 0 Å². The first-order valence-corrected chi connectivity index (χ1v) is 10.4. The second kappa shape index (κ2) is 8.90. The monoisotopic (exact) mass is 409 g/mol. The molecule has 0 aliphatic carbocycles. The molecule has 1 aromatic carbocycles. The van der Waals surface area contributed by atoms with Crippen LogP contribution < -0.4 is 0 Å². The topological polar surface area (TPSA) is 47.4 Å². The number of halogens is 1. The molecule has 0 saturated heterocycles. The number of nitrogens with zero attached hydrogens (tertiary/aromatic N) is 3. The Hall–Kier alpha value is -1.54. The van der Waals surface area contributed by atoms with E-state index >= 15 is 0 Å². The zero-order valence-electron chi connectivity index (χ0n) is 14.6. The highest BCUT2D eigenvalue weighted by molar-refractivity contribution is 7.99. The van der Waals surface area contributed by atoms with Crippen LogP contribution >= 0.6 is 34.7 Å². The predicted molar refractivity (Wildman–Crippen MR) is 108 cm³/mol. The zero-order chi connectivity index (χ0) is 18.5. The number of rotatable bonds is 8. The minimum atomic E-state index is 0.0737. The maximum absolute atomic E-state index is 12.5. The van der Waals surface area contributed by atoms with E-state index in [0.29, 0.717) is 30.5 Å².